The number of hydrogen-bond donors (Lipinski definition) is 1. The summed E-state index contributed by atoms with van der Waals surface area (Å²) in [5.74, 6) is 0. The van der Waals surface area contributed by atoms with E-state index in [1.807, 2.05) is 25.4 Å². The molecule has 0 saturated heterocycles. The van der Waals surface area contributed by atoms with Crippen molar-refractivity contribution in [1.29, 1.82) is 0 Å². The van der Waals surface area contributed by atoms with E-state index in [9.17, 15) is 5.11 Å². The van der Waals surface area contributed by atoms with Crippen LogP contribution in [0.4, 0.5) is 0 Å². The molecule has 0 fully saturated rings. The van der Waals surface area contributed by atoms with Gasteiger partial charge in [-0.05, 0) is 11.6 Å². The van der Waals surface area contributed by atoms with Crippen LogP contribution in [0.1, 0.15) is 43.7 Å². The number of aromatic nitrogens is 2. The van der Waals surface area contributed by atoms with Crippen LogP contribution in [0, 0.1) is 0 Å². The topological polar surface area (TPSA) is 38.0 Å². The number of aryl methyl sites for hydroxylation is 1. The van der Waals surface area contributed by atoms with Gasteiger partial charge in [0.2, 0.25) is 0 Å². The van der Waals surface area contributed by atoms with Crippen molar-refractivity contribution in [2.45, 2.75) is 38.7 Å². The van der Waals surface area contributed by atoms with Crippen LogP contribution < -0.4 is 0 Å². The number of aliphatic hydroxyl groups is 1. The maximum absolute atomic E-state index is 10.6. The fourth-order valence-corrected chi connectivity index (χ4v) is 2.76. The molecule has 1 unspecified atom stereocenters. The molecule has 1 heterocycles. The molecule has 0 spiro atoms. The molecule has 0 aliphatic heterocycles. The summed E-state index contributed by atoms with van der Waals surface area (Å²) < 4.78 is 1.73. The summed E-state index contributed by atoms with van der Waals surface area (Å²) in [6.45, 7) is 6.24. The molecule has 5 heteroatoms. The molecule has 2 aromatic rings. The fourth-order valence-electron chi connectivity index (χ4n) is 2.36. The van der Waals surface area contributed by atoms with Gasteiger partial charge in [-0.15, -0.1) is 0 Å². The molecule has 0 saturated carbocycles. The van der Waals surface area contributed by atoms with E-state index >= 15 is 0 Å². The predicted molar refractivity (Wildman–Crippen MR) is 87.0 cm³/mol. The highest BCUT2D eigenvalue weighted by Crippen LogP contribution is 2.33. The lowest BCUT2D eigenvalue weighted by Gasteiger charge is -2.20. The first-order valence-corrected chi connectivity index (χ1v) is 7.60. The van der Waals surface area contributed by atoms with Crippen molar-refractivity contribution >= 4 is 23.2 Å². The molecular formula is C16H20Cl2N2O. The summed E-state index contributed by atoms with van der Waals surface area (Å²) in [6, 6.07) is 5.46. The van der Waals surface area contributed by atoms with E-state index in [0.717, 1.165) is 16.8 Å². The highest BCUT2D eigenvalue weighted by Gasteiger charge is 2.26. The SMILES string of the molecule is Cn1cc(C(O)Cc2cccc(Cl)c2Cl)c(C(C)(C)C)n1. The third-order valence-corrected chi connectivity index (χ3v) is 4.23. The first-order chi connectivity index (χ1) is 9.70. The monoisotopic (exact) mass is 326 g/mol. The highest BCUT2D eigenvalue weighted by atomic mass is 35.5. The maximum atomic E-state index is 10.6. The van der Waals surface area contributed by atoms with E-state index in [4.69, 9.17) is 23.2 Å². The van der Waals surface area contributed by atoms with Crippen LogP contribution in [0.2, 0.25) is 10.0 Å². The molecule has 21 heavy (non-hydrogen) atoms. The van der Waals surface area contributed by atoms with Crippen LogP contribution in [0.5, 0.6) is 0 Å². The Hall–Kier alpha value is -1.03. The summed E-state index contributed by atoms with van der Waals surface area (Å²) in [5, 5.41) is 16.1. The third-order valence-electron chi connectivity index (χ3n) is 3.37. The lowest BCUT2D eigenvalue weighted by atomic mass is 9.87. The average Bonchev–Trinajstić information content (AvgIpc) is 2.77. The van der Waals surface area contributed by atoms with Gasteiger partial charge in [-0.2, -0.15) is 5.10 Å². The minimum Gasteiger partial charge on any atom is -0.388 e. The van der Waals surface area contributed by atoms with Crippen LogP contribution in [0.25, 0.3) is 0 Å². The Labute approximate surface area is 135 Å². The Morgan fingerprint density at radius 1 is 1.29 bits per heavy atom. The van der Waals surface area contributed by atoms with Gasteiger partial charge in [0.25, 0.3) is 0 Å². The van der Waals surface area contributed by atoms with E-state index in [-0.39, 0.29) is 5.41 Å². The second kappa shape index (κ2) is 5.99. The van der Waals surface area contributed by atoms with E-state index in [1.165, 1.54) is 0 Å². The number of aliphatic hydroxyl groups excluding tert-OH is 1. The summed E-state index contributed by atoms with van der Waals surface area (Å²) in [7, 11) is 1.86. The van der Waals surface area contributed by atoms with Gasteiger partial charge in [-0.3, -0.25) is 4.68 Å². The molecule has 3 nitrogen and oxygen atoms in total. The van der Waals surface area contributed by atoms with Gasteiger partial charge in [0.1, 0.15) is 0 Å². The molecule has 1 atom stereocenters. The largest absolute Gasteiger partial charge is 0.388 e. The van der Waals surface area contributed by atoms with Crippen LogP contribution in [-0.2, 0) is 18.9 Å². The molecule has 114 valence electrons. The molecule has 0 aliphatic carbocycles. The normalized spacial score (nSPS) is 13.5. The van der Waals surface area contributed by atoms with E-state index in [0.29, 0.717) is 16.5 Å². The van der Waals surface area contributed by atoms with Gasteiger partial charge < -0.3 is 5.11 Å². The lowest BCUT2D eigenvalue weighted by molar-refractivity contribution is 0.176. The van der Waals surface area contributed by atoms with E-state index < -0.39 is 6.10 Å². The van der Waals surface area contributed by atoms with Crippen molar-refractivity contribution < 1.29 is 5.11 Å². The van der Waals surface area contributed by atoms with Crippen LogP contribution >= 0.6 is 23.2 Å². The van der Waals surface area contributed by atoms with Crippen molar-refractivity contribution in [3.8, 4) is 0 Å². The first-order valence-electron chi connectivity index (χ1n) is 6.85. The molecule has 1 aromatic heterocycles. The number of benzene rings is 1. The molecule has 0 bridgehead atoms. The Morgan fingerprint density at radius 2 is 1.95 bits per heavy atom. The van der Waals surface area contributed by atoms with E-state index in [1.54, 1.807) is 10.7 Å². The Balaban J connectivity index is 2.33. The molecule has 0 aliphatic rings. The molecular weight excluding hydrogens is 307 g/mol. The molecule has 2 rings (SSSR count). The van der Waals surface area contributed by atoms with Crippen molar-refractivity contribution in [3.63, 3.8) is 0 Å². The average molecular weight is 327 g/mol. The minimum atomic E-state index is -0.663. The molecule has 1 aromatic carbocycles. The summed E-state index contributed by atoms with van der Waals surface area (Å²) in [6.07, 6.45) is 1.61. The summed E-state index contributed by atoms with van der Waals surface area (Å²) in [5.41, 5.74) is 2.44. The Morgan fingerprint density at radius 3 is 2.57 bits per heavy atom. The second-order valence-corrected chi connectivity index (χ2v) is 7.07. The maximum Gasteiger partial charge on any atom is 0.0864 e. The van der Waals surface area contributed by atoms with Gasteiger partial charge in [-0.25, -0.2) is 0 Å². The number of halogens is 2. The zero-order valence-electron chi connectivity index (χ0n) is 12.7. The fraction of sp³-hybridized carbons (Fsp3) is 0.438. The van der Waals surface area contributed by atoms with Gasteiger partial charge in [-0.1, -0.05) is 56.1 Å². The molecule has 0 amide bonds. The first kappa shape index (κ1) is 16.3. The van der Waals surface area contributed by atoms with Crippen LogP contribution in [-0.4, -0.2) is 14.9 Å². The highest BCUT2D eigenvalue weighted by molar-refractivity contribution is 6.42. The van der Waals surface area contributed by atoms with Crippen LogP contribution in [0.15, 0.2) is 24.4 Å². The van der Waals surface area contributed by atoms with Gasteiger partial charge in [0.15, 0.2) is 0 Å². The Bertz CT molecular complexity index is 644. The van der Waals surface area contributed by atoms with Gasteiger partial charge in [0.05, 0.1) is 21.8 Å². The number of nitrogens with zero attached hydrogens (tertiary/aromatic N) is 2. The lowest BCUT2D eigenvalue weighted by Crippen LogP contribution is -2.17. The van der Waals surface area contributed by atoms with Gasteiger partial charge in [0, 0.05) is 30.6 Å². The predicted octanol–water partition coefficient (Wildman–Crippen LogP) is 4.30. The van der Waals surface area contributed by atoms with Crippen molar-refractivity contribution in [2.24, 2.45) is 7.05 Å². The number of hydrogen-bond acceptors (Lipinski definition) is 2. The third kappa shape index (κ3) is 3.60. The quantitative estimate of drug-likeness (QED) is 0.913. The standard InChI is InChI=1S/C16H20Cl2N2O/c1-16(2,3)15-11(9-20(4)19-15)13(21)8-10-6-5-7-12(17)14(10)18/h5-7,9,13,21H,8H2,1-4H3. The van der Waals surface area contributed by atoms with Gasteiger partial charge >= 0.3 is 0 Å². The van der Waals surface area contributed by atoms with Crippen molar-refractivity contribution in [3.05, 3.63) is 51.3 Å². The smallest absolute Gasteiger partial charge is 0.0864 e. The zero-order chi connectivity index (χ0) is 15.8. The van der Waals surface area contributed by atoms with E-state index in [2.05, 4.69) is 25.9 Å². The summed E-state index contributed by atoms with van der Waals surface area (Å²) >= 11 is 12.2. The molecule has 1 N–H and O–H groups in total. The van der Waals surface area contributed by atoms with Crippen molar-refractivity contribution in [2.75, 3.05) is 0 Å². The number of rotatable bonds is 3. The molecule has 0 radical (unpaired) electrons. The minimum absolute atomic E-state index is 0.129. The summed E-state index contributed by atoms with van der Waals surface area (Å²) in [4.78, 5) is 0. The Kier molecular flexibility index (Phi) is 4.66. The zero-order valence-corrected chi connectivity index (χ0v) is 14.2. The van der Waals surface area contributed by atoms with Crippen molar-refractivity contribution in [1.82, 2.24) is 9.78 Å². The second-order valence-electron chi connectivity index (χ2n) is 6.29. The van der Waals surface area contributed by atoms with Crippen LogP contribution in [0.3, 0.4) is 0 Å².